The van der Waals surface area contributed by atoms with Crippen LogP contribution in [0.5, 0.6) is 0 Å². The van der Waals surface area contributed by atoms with Crippen molar-refractivity contribution in [3.63, 3.8) is 0 Å². The third-order valence-corrected chi connectivity index (χ3v) is 3.92. The van der Waals surface area contributed by atoms with Crippen LogP contribution >= 0.6 is 0 Å². The minimum absolute atomic E-state index is 0. The van der Waals surface area contributed by atoms with Crippen molar-refractivity contribution < 1.29 is 22.3 Å². The number of carbonyl (C=O) groups is 1. The zero-order valence-corrected chi connectivity index (χ0v) is 15.0. The number of rotatable bonds is 15. The standard InChI is InChI=1S/C18H36O2.ClH/c1-17(2)15-13-11-9-7-5-3-4-6-8-10-12-14-16-18(19)20;/h17H,3-16H2,1-2H3,(H,19,20);1H/p-1. The van der Waals surface area contributed by atoms with E-state index >= 15 is 0 Å². The molecule has 0 aliphatic rings. The van der Waals surface area contributed by atoms with Gasteiger partial charge in [0.15, 0.2) is 0 Å². The summed E-state index contributed by atoms with van der Waals surface area (Å²) < 4.78 is 0. The Kier molecular flexibility index (Phi) is 19.5. The van der Waals surface area contributed by atoms with E-state index in [9.17, 15) is 4.79 Å². The predicted octanol–water partition coefficient (Wildman–Crippen LogP) is 3.19. The summed E-state index contributed by atoms with van der Waals surface area (Å²) in [5.74, 6) is 0.212. The lowest BCUT2D eigenvalue weighted by atomic mass is 10.0. The second-order valence-corrected chi connectivity index (χ2v) is 6.57. The number of unbranched alkanes of at least 4 members (excludes halogenated alkanes) is 11. The van der Waals surface area contributed by atoms with Gasteiger partial charge in [-0.15, -0.1) is 0 Å². The second kappa shape index (κ2) is 17.8. The van der Waals surface area contributed by atoms with Crippen LogP contribution in [-0.2, 0) is 4.79 Å². The summed E-state index contributed by atoms with van der Waals surface area (Å²) in [5.41, 5.74) is 0. The maximum atomic E-state index is 10.3. The second-order valence-electron chi connectivity index (χ2n) is 6.57. The van der Waals surface area contributed by atoms with Crippen molar-refractivity contribution in [1.29, 1.82) is 0 Å². The van der Waals surface area contributed by atoms with Gasteiger partial charge in [-0.1, -0.05) is 90.9 Å². The first-order chi connectivity index (χ1) is 9.63. The van der Waals surface area contributed by atoms with Crippen molar-refractivity contribution in [1.82, 2.24) is 0 Å². The van der Waals surface area contributed by atoms with Crippen LogP contribution in [0.2, 0.25) is 0 Å². The predicted molar refractivity (Wildman–Crippen MR) is 87.1 cm³/mol. The first-order valence-corrected chi connectivity index (χ1v) is 8.84. The molecule has 0 aromatic carbocycles. The molecular formula is C18H36ClO2-. The fourth-order valence-corrected chi connectivity index (χ4v) is 2.60. The Morgan fingerprint density at radius 3 is 1.38 bits per heavy atom. The van der Waals surface area contributed by atoms with E-state index in [0.717, 1.165) is 18.8 Å². The third-order valence-electron chi connectivity index (χ3n) is 3.92. The molecule has 0 heterocycles. The SMILES string of the molecule is CC(C)CCCCCCCCCCCCCCC(=O)O.[Cl-]. The Bertz CT molecular complexity index is 217. The van der Waals surface area contributed by atoms with E-state index < -0.39 is 5.97 Å². The molecule has 0 radical (unpaired) electrons. The zero-order chi connectivity index (χ0) is 15.1. The van der Waals surface area contributed by atoms with Gasteiger partial charge in [0.05, 0.1) is 0 Å². The van der Waals surface area contributed by atoms with E-state index in [2.05, 4.69) is 13.8 Å². The van der Waals surface area contributed by atoms with Crippen LogP contribution in [-0.4, -0.2) is 11.1 Å². The van der Waals surface area contributed by atoms with Crippen molar-refractivity contribution in [3.05, 3.63) is 0 Å². The number of halogens is 1. The van der Waals surface area contributed by atoms with E-state index in [4.69, 9.17) is 5.11 Å². The Morgan fingerprint density at radius 2 is 1.05 bits per heavy atom. The molecule has 0 fully saturated rings. The van der Waals surface area contributed by atoms with Crippen molar-refractivity contribution in [2.24, 2.45) is 5.92 Å². The van der Waals surface area contributed by atoms with Crippen LogP contribution in [0.1, 0.15) is 104 Å². The first-order valence-electron chi connectivity index (χ1n) is 8.84. The number of carboxylic acids is 1. The van der Waals surface area contributed by atoms with E-state index in [0.29, 0.717) is 6.42 Å². The molecule has 3 heteroatoms. The van der Waals surface area contributed by atoms with E-state index in [1.807, 2.05) is 0 Å². The molecule has 0 bridgehead atoms. The average Bonchev–Trinajstić information content (AvgIpc) is 2.38. The number of hydrogen-bond donors (Lipinski definition) is 1. The average molecular weight is 320 g/mol. The fraction of sp³-hybridized carbons (Fsp3) is 0.944. The maximum Gasteiger partial charge on any atom is 0.303 e. The molecule has 0 aromatic heterocycles. The molecule has 0 saturated carbocycles. The number of carboxylic acid groups (broad SMARTS) is 1. The molecule has 1 N–H and O–H groups in total. The summed E-state index contributed by atoms with van der Waals surface area (Å²) in [6, 6.07) is 0. The smallest absolute Gasteiger partial charge is 0.303 e. The van der Waals surface area contributed by atoms with E-state index in [-0.39, 0.29) is 12.4 Å². The van der Waals surface area contributed by atoms with Gasteiger partial charge in [-0.3, -0.25) is 4.79 Å². The molecule has 128 valence electrons. The Labute approximate surface area is 138 Å². The largest absolute Gasteiger partial charge is 1.00 e. The molecule has 21 heavy (non-hydrogen) atoms. The molecule has 0 saturated heterocycles. The minimum Gasteiger partial charge on any atom is -1.00 e. The third kappa shape index (κ3) is 22.2. The van der Waals surface area contributed by atoms with Crippen LogP contribution in [0.15, 0.2) is 0 Å². The lowest BCUT2D eigenvalue weighted by Gasteiger charge is -2.04. The van der Waals surface area contributed by atoms with Gasteiger partial charge in [0.2, 0.25) is 0 Å². The number of hydrogen-bond acceptors (Lipinski definition) is 1. The normalized spacial score (nSPS) is 10.6. The molecule has 0 spiro atoms. The van der Waals surface area contributed by atoms with Gasteiger partial charge in [-0.2, -0.15) is 0 Å². The summed E-state index contributed by atoms with van der Waals surface area (Å²) in [6.07, 6.45) is 17.3. The van der Waals surface area contributed by atoms with Crippen molar-refractivity contribution >= 4 is 5.97 Å². The molecule has 0 amide bonds. The monoisotopic (exact) mass is 319 g/mol. The highest BCUT2D eigenvalue weighted by Crippen LogP contribution is 2.14. The lowest BCUT2D eigenvalue weighted by molar-refractivity contribution is -0.137. The topological polar surface area (TPSA) is 37.3 Å². The van der Waals surface area contributed by atoms with Gasteiger partial charge in [0, 0.05) is 6.42 Å². The van der Waals surface area contributed by atoms with Gasteiger partial charge in [-0.05, 0) is 12.3 Å². The van der Waals surface area contributed by atoms with Gasteiger partial charge >= 0.3 is 5.97 Å². The van der Waals surface area contributed by atoms with Crippen LogP contribution < -0.4 is 12.4 Å². The fourth-order valence-electron chi connectivity index (χ4n) is 2.60. The molecule has 0 rings (SSSR count). The van der Waals surface area contributed by atoms with Crippen molar-refractivity contribution in [2.45, 2.75) is 104 Å². The molecule has 2 nitrogen and oxygen atoms in total. The van der Waals surface area contributed by atoms with E-state index in [1.165, 1.54) is 70.6 Å². The highest BCUT2D eigenvalue weighted by Gasteiger charge is 1.97. The first kappa shape index (κ1) is 23.0. The lowest BCUT2D eigenvalue weighted by Crippen LogP contribution is -3.00. The molecule has 0 unspecified atom stereocenters. The van der Waals surface area contributed by atoms with Crippen molar-refractivity contribution in [3.8, 4) is 0 Å². The van der Waals surface area contributed by atoms with Gasteiger partial charge < -0.3 is 17.5 Å². The molecule has 0 atom stereocenters. The Hall–Kier alpha value is -0.240. The summed E-state index contributed by atoms with van der Waals surface area (Å²) in [7, 11) is 0. The summed E-state index contributed by atoms with van der Waals surface area (Å²) >= 11 is 0. The molecule has 0 aliphatic carbocycles. The molecule has 0 aromatic rings. The zero-order valence-electron chi connectivity index (χ0n) is 14.2. The molecular weight excluding hydrogens is 284 g/mol. The van der Waals surface area contributed by atoms with Crippen LogP contribution in [0.4, 0.5) is 0 Å². The Morgan fingerprint density at radius 1 is 0.714 bits per heavy atom. The maximum absolute atomic E-state index is 10.3. The highest BCUT2D eigenvalue weighted by molar-refractivity contribution is 5.66. The molecule has 0 aliphatic heterocycles. The highest BCUT2D eigenvalue weighted by atomic mass is 35.5. The van der Waals surface area contributed by atoms with Crippen LogP contribution in [0.3, 0.4) is 0 Å². The summed E-state index contributed by atoms with van der Waals surface area (Å²) in [4.78, 5) is 10.3. The van der Waals surface area contributed by atoms with Crippen molar-refractivity contribution in [2.75, 3.05) is 0 Å². The summed E-state index contributed by atoms with van der Waals surface area (Å²) in [6.45, 7) is 4.61. The summed E-state index contributed by atoms with van der Waals surface area (Å²) in [5, 5.41) is 8.52. The van der Waals surface area contributed by atoms with Crippen LogP contribution in [0, 0.1) is 5.92 Å². The van der Waals surface area contributed by atoms with E-state index in [1.54, 1.807) is 0 Å². The minimum atomic E-state index is -0.654. The van der Waals surface area contributed by atoms with Gasteiger partial charge in [0.25, 0.3) is 0 Å². The quantitative estimate of drug-likeness (QED) is 0.471. The Balaban J connectivity index is 0. The van der Waals surface area contributed by atoms with Gasteiger partial charge in [0.1, 0.15) is 0 Å². The van der Waals surface area contributed by atoms with Gasteiger partial charge in [-0.25, -0.2) is 0 Å². The number of aliphatic carboxylic acids is 1. The van der Waals surface area contributed by atoms with Crippen LogP contribution in [0.25, 0.3) is 0 Å².